The molecule has 1 amide bonds. The van der Waals surface area contributed by atoms with Crippen LogP contribution < -0.4 is 14.9 Å². The van der Waals surface area contributed by atoms with E-state index in [-0.39, 0.29) is 17.0 Å². The summed E-state index contributed by atoms with van der Waals surface area (Å²) >= 11 is 1.83. The number of sulfonamides is 1. The van der Waals surface area contributed by atoms with E-state index in [4.69, 9.17) is 4.74 Å². The molecule has 9 rings (SSSR count). The van der Waals surface area contributed by atoms with E-state index < -0.39 is 15.9 Å². The Morgan fingerprint density at radius 3 is 2.23 bits per heavy atom. The molecule has 2 heterocycles. The number of piperidine rings is 1. The van der Waals surface area contributed by atoms with Crippen LogP contribution in [0.5, 0.6) is 0 Å². The Kier molecular flexibility index (Phi) is 13.6. The number of carbonyl (C=O) groups excluding carboxylic acids is 1. The van der Waals surface area contributed by atoms with Gasteiger partial charge in [-0.05, 0) is 155 Å². The van der Waals surface area contributed by atoms with Crippen LogP contribution in [0.3, 0.4) is 0 Å². The summed E-state index contributed by atoms with van der Waals surface area (Å²) in [4.78, 5) is 22.2. The minimum absolute atomic E-state index is 0.0726. The van der Waals surface area contributed by atoms with Crippen molar-refractivity contribution in [2.24, 2.45) is 16.2 Å². The number of hydrogen-bond acceptors (Lipinski definition) is 9. The molecule has 5 fully saturated rings. The zero-order chi connectivity index (χ0) is 43.7. The number of carbonyl (C=O) groups is 1. The van der Waals surface area contributed by atoms with Crippen LogP contribution in [-0.4, -0.2) is 100 Å². The van der Waals surface area contributed by atoms with Gasteiger partial charge >= 0.3 is 0 Å². The van der Waals surface area contributed by atoms with Gasteiger partial charge in [0.1, 0.15) is 0 Å². The van der Waals surface area contributed by atoms with Crippen molar-refractivity contribution in [2.45, 2.75) is 127 Å². The number of anilines is 2. The summed E-state index contributed by atoms with van der Waals surface area (Å²) in [7, 11) is -4.09. The van der Waals surface area contributed by atoms with Crippen molar-refractivity contribution >= 4 is 39.1 Å². The molecule has 0 radical (unpaired) electrons. The SMILES string of the molecule is Cc1cc(S(=O)(=O)NC(=O)c2ccc(N3CCN(CC4=C(C56CC(C)(C5)C6)CC(C)(C)CC4)CC3)cc2)ccc1N[C@H](CCN1CCC(OC(C)C)CC1)CSc1ccccc1. The van der Waals surface area contributed by atoms with Crippen LogP contribution in [0.2, 0.25) is 0 Å². The summed E-state index contributed by atoms with van der Waals surface area (Å²) < 4.78 is 35.5. The van der Waals surface area contributed by atoms with Crippen LogP contribution in [-0.2, 0) is 14.8 Å². The lowest BCUT2D eigenvalue weighted by Gasteiger charge is -2.72. The summed E-state index contributed by atoms with van der Waals surface area (Å²) in [5.74, 6) is 0.246. The number of aryl methyl sites for hydroxylation is 1. The number of thioether (sulfide) groups is 1. The van der Waals surface area contributed by atoms with Crippen molar-refractivity contribution < 1.29 is 17.9 Å². The number of amides is 1. The first-order valence-corrected chi connectivity index (χ1v) is 25.8. The third kappa shape index (κ3) is 10.8. The van der Waals surface area contributed by atoms with Gasteiger partial charge in [0.2, 0.25) is 0 Å². The van der Waals surface area contributed by atoms with Crippen molar-refractivity contribution in [3.8, 4) is 0 Å². The Morgan fingerprint density at radius 2 is 1.58 bits per heavy atom. The number of likely N-dealkylation sites (tertiary alicyclic amines) is 1. The molecule has 3 aromatic carbocycles. The van der Waals surface area contributed by atoms with Crippen LogP contribution >= 0.6 is 11.8 Å². The van der Waals surface area contributed by atoms with E-state index >= 15 is 0 Å². The third-order valence-corrected chi connectivity index (χ3v) is 17.0. The first kappa shape index (κ1) is 45.2. The fourth-order valence-electron chi connectivity index (χ4n) is 11.3. The van der Waals surface area contributed by atoms with Gasteiger partial charge in [-0.3, -0.25) is 9.69 Å². The largest absolute Gasteiger partial charge is 0.381 e. The highest BCUT2D eigenvalue weighted by Crippen LogP contribution is 2.77. The highest BCUT2D eigenvalue weighted by molar-refractivity contribution is 7.99. The molecule has 3 saturated carbocycles. The highest BCUT2D eigenvalue weighted by atomic mass is 32.2. The number of allylic oxidation sites excluding steroid dienone is 1. The topological polar surface area (TPSA) is 94.2 Å². The molecule has 62 heavy (non-hydrogen) atoms. The first-order chi connectivity index (χ1) is 29.6. The van der Waals surface area contributed by atoms with Gasteiger partial charge < -0.3 is 19.9 Å². The van der Waals surface area contributed by atoms with Crippen LogP contribution in [0.1, 0.15) is 108 Å². The van der Waals surface area contributed by atoms with E-state index in [1.54, 1.807) is 29.8 Å². The molecule has 3 aromatic rings. The number of ether oxygens (including phenoxy) is 1. The van der Waals surface area contributed by atoms with E-state index in [1.807, 2.05) is 48.5 Å². The van der Waals surface area contributed by atoms with Crippen LogP contribution in [0, 0.1) is 23.2 Å². The van der Waals surface area contributed by atoms with Crippen LogP contribution in [0.4, 0.5) is 11.4 Å². The molecule has 2 N–H and O–H groups in total. The van der Waals surface area contributed by atoms with Crippen LogP contribution in [0.25, 0.3) is 0 Å². The van der Waals surface area contributed by atoms with Gasteiger partial charge in [0.15, 0.2) is 0 Å². The Hall–Kier alpha value is -3.35. The van der Waals surface area contributed by atoms with E-state index in [9.17, 15) is 13.2 Å². The average molecular weight is 882 g/mol. The minimum atomic E-state index is -4.09. The van der Waals surface area contributed by atoms with Gasteiger partial charge in [0.05, 0.1) is 17.1 Å². The maximum Gasteiger partial charge on any atom is 0.264 e. The van der Waals surface area contributed by atoms with E-state index in [0.29, 0.717) is 27.9 Å². The predicted octanol–water partition coefficient (Wildman–Crippen LogP) is 9.78. The number of benzene rings is 3. The second kappa shape index (κ2) is 18.6. The zero-order valence-corrected chi connectivity index (χ0v) is 39.8. The van der Waals surface area contributed by atoms with Crippen molar-refractivity contribution in [1.82, 2.24) is 14.5 Å². The molecule has 0 aromatic heterocycles. The molecule has 2 bridgehead atoms. The number of nitrogens with zero attached hydrogens (tertiary/aromatic N) is 3. The van der Waals surface area contributed by atoms with Gasteiger partial charge in [0.25, 0.3) is 15.9 Å². The third-order valence-electron chi connectivity index (χ3n) is 14.5. The molecule has 9 nitrogen and oxygen atoms in total. The quantitative estimate of drug-likeness (QED) is 0.102. The second-order valence-electron chi connectivity index (χ2n) is 20.7. The number of hydrogen-bond donors (Lipinski definition) is 2. The molecular formula is C51H71N5O4S2. The van der Waals surface area contributed by atoms with E-state index in [0.717, 1.165) is 94.3 Å². The fraction of sp³-hybridized carbons (Fsp3) is 0.588. The monoisotopic (exact) mass is 881 g/mol. The number of nitrogens with one attached hydrogen (secondary N) is 2. The summed E-state index contributed by atoms with van der Waals surface area (Å²) in [5.41, 5.74) is 8.21. The van der Waals surface area contributed by atoms with Crippen molar-refractivity contribution in [3.63, 3.8) is 0 Å². The van der Waals surface area contributed by atoms with Gasteiger partial charge in [-0.15, -0.1) is 11.8 Å². The van der Waals surface area contributed by atoms with E-state index in [2.05, 4.69) is 83.6 Å². The lowest BCUT2D eigenvalue weighted by Crippen LogP contribution is -2.61. The lowest BCUT2D eigenvalue weighted by atomic mass is 9.33. The summed E-state index contributed by atoms with van der Waals surface area (Å²) in [6.45, 7) is 21.6. The van der Waals surface area contributed by atoms with Crippen molar-refractivity contribution in [3.05, 3.63) is 95.1 Å². The van der Waals surface area contributed by atoms with Crippen molar-refractivity contribution in [1.29, 1.82) is 0 Å². The Balaban J connectivity index is 0.837. The number of rotatable bonds is 17. The maximum atomic E-state index is 13.6. The predicted molar refractivity (Wildman–Crippen MR) is 255 cm³/mol. The molecule has 336 valence electrons. The molecule has 6 aliphatic rings. The summed E-state index contributed by atoms with van der Waals surface area (Å²) in [6.07, 6.45) is 11.7. The van der Waals surface area contributed by atoms with Crippen LogP contribution in [0.15, 0.2) is 93.7 Å². The second-order valence-corrected chi connectivity index (χ2v) is 23.5. The summed E-state index contributed by atoms with van der Waals surface area (Å²) in [5, 5.41) is 3.74. The fourth-order valence-corrected chi connectivity index (χ4v) is 13.3. The maximum absolute atomic E-state index is 13.6. The highest BCUT2D eigenvalue weighted by Gasteiger charge is 2.66. The molecule has 1 atom stereocenters. The minimum Gasteiger partial charge on any atom is -0.381 e. The average Bonchev–Trinajstić information content (AvgIpc) is 3.22. The smallest absolute Gasteiger partial charge is 0.264 e. The Labute approximate surface area is 376 Å². The lowest BCUT2D eigenvalue weighted by molar-refractivity contribution is -0.167. The molecule has 4 aliphatic carbocycles. The Morgan fingerprint density at radius 1 is 0.887 bits per heavy atom. The van der Waals surface area contributed by atoms with Gasteiger partial charge in [-0.1, -0.05) is 50.1 Å². The molecule has 11 heteroatoms. The van der Waals surface area contributed by atoms with Gasteiger partial charge in [-0.2, -0.15) is 0 Å². The zero-order valence-electron chi connectivity index (χ0n) is 38.2. The molecule has 0 unspecified atom stereocenters. The molecule has 2 saturated heterocycles. The van der Waals surface area contributed by atoms with Crippen molar-refractivity contribution in [2.75, 3.05) is 68.3 Å². The summed E-state index contributed by atoms with van der Waals surface area (Å²) in [6, 6.07) is 23.1. The first-order valence-electron chi connectivity index (χ1n) is 23.3. The molecule has 2 aliphatic heterocycles. The van der Waals surface area contributed by atoms with E-state index in [1.165, 1.54) is 43.4 Å². The standard InChI is InChI=1S/C51H71N5O4S2/c1-37(2)60-43-20-24-54(25-21-43)23-19-41(33-61-44-10-8-7-9-11-44)52-47-17-16-45(30-38(47)3)62(58,59)53-48(57)39-12-14-42(15-13-39)56-28-26-55(27-29-56)32-40-18-22-49(4,5)31-46(40)51-34-50(6,35-51)36-51/h7-17,30,37,41,43,52H,18-29,31-36H2,1-6H3,(H,53,57)/t41-,50?,51?/m1/s1. The van der Waals surface area contributed by atoms with Gasteiger partial charge in [0, 0.05) is 86.0 Å². The number of piperazine rings is 1. The van der Waals surface area contributed by atoms with Gasteiger partial charge in [-0.25, -0.2) is 13.1 Å². The normalized spacial score (nSPS) is 25.0. The molecular weight excluding hydrogens is 811 g/mol. The Bertz CT molecular complexity index is 2150. The molecule has 0 spiro atoms.